The van der Waals surface area contributed by atoms with Gasteiger partial charge in [0.05, 0.1) is 15.7 Å². The zero-order valence-corrected chi connectivity index (χ0v) is 12.2. The summed E-state index contributed by atoms with van der Waals surface area (Å²) < 4.78 is 13.0. The molecule has 110 valence electrons. The molecule has 0 aliphatic rings. The molecule has 0 radical (unpaired) electrons. The van der Waals surface area contributed by atoms with Crippen molar-refractivity contribution < 1.29 is 19.1 Å². The Morgan fingerprint density at radius 1 is 1.25 bits per heavy atom. The Labute approximate surface area is 125 Å². The third-order valence-electron chi connectivity index (χ3n) is 2.46. The van der Waals surface area contributed by atoms with Crippen LogP contribution in [-0.4, -0.2) is 23.1 Å². The lowest BCUT2D eigenvalue weighted by Gasteiger charge is -2.18. The number of rotatable bonds is 4. The normalized spacial score (nSPS) is 12.1. The molecule has 0 saturated heterocycles. The number of aliphatic carboxylic acids is 1. The fraction of sp³-hybridized carbons (Fsp3) is 0.333. The minimum absolute atomic E-state index is 0.0140. The van der Waals surface area contributed by atoms with Gasteiger partial charge in [-0.2, -0.15) is 0 Å². The standard InChI is InChI=1S/C12H13Cl2FN2O3/c1-5(2)9(11(18)19)16-12(20)17-10-7(13)3-6(15)4-8(10)14/h3-5,9H,1-2H3,(H,18,19)(H2,16,17,20)/t9-/m1/s1. The quantitative estimate of drug-likeness (QED) is 0.795. The number of carbonyl (C=O) groups is 2. The lowest BCUT2D eigenvalue weighted by molar-refractivity contribution is -0.140. The first-order valence-corrected chi connectivity index (χ1v) is 6.42. The van der Waals surface area contributed by atoms with E-state index in [0.717, 1.165) is 12.1 Å². The second-order valence-electron chi connectivity index (χ2n) is 4.40. The first-order valence-electron chi connectivity index (χ1n) is 5.67. The van der Waals surface area contributed by atoms with Crippen LogP contribution in [0.3, 0.4) is 0 Å². The van der Waals surface area contributed by atoms with Gasteiger partial charge in [0.1, 0.15) is 11.9 Å². The van der Waals surface area contributed by atoms with Crippen LogP contribution in [0.15, 0.2) is 12.1 Å². The van der Waals surface area contributed by atoms with Crippen molar-refractivity contribution in [1.82, 2.24) is 5.32 Å². The zero-order chi connectivity index (χ0) is 15.4. The molecule has 8 heteroatoms. The molecule has 0 bridgehead atoms. The molecule has 0 fully saturated rings. The largest absolute Gasteiger partial charge is 0.480 e. The molecule has 0 unspecified atom stereocenters. The van der Waals surface area contributed by atoms with E-state index in [9.17, 15) is 14.0 Å². The highest BCUT2D eigenvalue weighted by atomic mass is 35.5. The summed E-state index contributed by atoms with van der Waals surface area (Å²) >= 11 is 11.5. The average Bonchev–Trinajstić information content (AvgIpc) is 2.29. The van der Waals surface area contributed by atoms with Gasteiger partial charge < -0.3 is 15.7 Å². The predicted octanol–water partition coefficient (Wildman–Crippen LogP) is 3.36. The number of carbonyl (C=O) groups excluding carboxylic acids is 1. The maximum atomic E-state index is 13.0. The SMILES string of the molecule is CC(C)[C@@H](NC(=O)Nc1c(Cl)cc(F)cc1Cl)C(=O)O. The van der Waals surface area contributed by atoms with Gasteiger partial charge in [-0.05, 0) is 18.1 Å². The lowest BCUT2D eigenvalue weighted by Crippen LogP contribution is -2.46. The van der Waals surface area contributed by atoms with Gasteiger partial charge in [-0.15, -0.1) is 0 Å². The van der Waals surface area contributed by atoms with Crippen LogP contribution in [0, 0.1) is 11.7 Å². The van der Waals surface area contributed by atoms with Crippen molar-refractivity contribution in [3.05, 3.63) is 28.0 Å². The number of carboxylic acids is 1. The summed E-state index contributed by atoms with van der Waals surface area (Å²) in [6, 6.07) is 0.120. The zero-order valence-electron chi connectivity index (χ0n) is 10.7. The van der Waals surface area contributed by atoms with Crippen molar-refractivity contribution in [3.63, 3.8) is 0 Å². The summed E-state index contributed by atoms with van der Waals surface area (Å²) in [4.78, 5) is 22.7. The van der Waals surface area contributed by atoms with E-state index in [1.54, 1.807) is 13.8 Å². The van der Waals surface area contributed by atoms with Gasteiger partial charge in [-0.25, -0.2) is 14.0 Å². The topological polar surface area (TPSA) is 78.4 Å². The Bertz CT molecular complexity index is 514. The molecule has 0 aromatic heterocycles. The van der Waals surface area contributed by atoms with E-state index in [1.165, 1.54) is 0 Å². The highest BCUT2D eigenvalue weighted by Gasteiger charge is 2.24. The fourth-order valence-electron chi connectivity index (χ4n) is 1.47. The van der Waals surface area contributed by atoms with Gasteiger partial charge >= 0.3 is 12.0 Å². The Kier molecular flexibility index (Phi) is 5.59. The molecule has 0 aliphatic carbocycles. The number of anilines is 1. The van der Waals surface area contributed by atoms with E-state index in [0.29, 0.717) is 0 Å². The third kappa shape index (κ3) is 4.25. The molecule has 20 heavy (non-hydrogen) atoms. The van der Waals surface area contributed by atoms with Crippen LogP contribution < -0.4 is 10.6 Å². The molecule has 0 aliphatic heterocycles. The molecule has 1 rings (SSSR count). The van der Waals surface area contributed by atoms with Crippen molar-refractivity contribution in [2.75, 3.05) is 5.32 Å². The number of urea groups is 1. The van der Waals surface area contributed by atoms with Gasteiger partial charge in [-0.3, -0.25) is 0 Å². The van der Waals surface area contributed by atoms with E-state index in [4.69, 9.17) is 28.3 Å². The Morgan fingerprint density at radius 3 is 2.15 bits per heavy atom. The van der Waals surface area contributed by atoms with Crippen LogP contribution in [0.4, 0.5) is 14.9 Å². The number of hydrogen-bond donors (Lipinski definition) is 3. The highest BCUT2D eigenvalue weighted by molar-refractivity contribution is 6.39. The third-order valence-corrected chi connectivity index (χ3v) is 3.06. The molecular formula is C12H13Cl2FN2O3. The van der Waals surface area contributed by atoms with Crippen molar-refractivity contribution in [2.24, 2.45) is 5.92 Å². The second kappa shape index (κ2) is 6.76. The lowest BCUT2D eigenvalue weighted by atomic mass is 10.1. The maximum absolute atomic E-state index is 13.0. The minimum atomic E-state index is -1.16. The van der Waals surface area contributed by atoms with Gasteiger partial charge in [0.25, 0.3) is 0 Å². The summed E-state index contributed by atoms with van der Waals surface area (Å²) in [5.41, 5.74) is 0.0140. The van der Waals surface area contributed by atoms with Gasteiger partial charge in [0, 0.05) is 0 Å². The number of nitrogens with one attached hydrogen (secondary N) is 2. The van der Waals surface area contributed by atoms with Crippen molar-refractivity contribution in [1.29, 1.82) is 0 Å². The minimum Gasteiger partial charge on any atom is -0.480 e. The van der Waals surface area contributed by atoms with E-state index in [2.05, 4.69) is 10.6 Å². The second-order valence-corrected chi connectivity index (χ2v) is 5.22. The Morgan fingerprint density at radius 2 is 1.75 bits per heavy atom. The maximum Gasteiger partial charge on any atom is 0.326 e. The molecule has 1 aromatic rings. The van der Waals surface area contributed by atoms with Gasteiger partial charge in [0.2, 0.25) is 0 Å². The molecule has 5 nitrogen and oxygen atoms in total. The van der Waals surface area contributed by atoms with Crippen LogP contribution in [0.25, 0.3) is 0 Å². The number of carboxylic acid groups (broad SMARTS) is 1. The number of amides is 2. The first kappa shape index (κ1) is 16.5. The van der Waals surface area contributed by atoms with Crippen LogP contribution >= 0.6 is 23.2 Å². The van der Waals surface area contributed by atoms with Gasteiger partial charge in [-0.1, -0.05) is 37.0 Å². The smallest absolute Gasteiger partial charge is 0.326 e. The predicted molar refractivity (Wildman–Crippen MR) is 74.8 cm³/mol. The molecular weight excluding hydrogens is 310 g/mol. The molecule has 0 saturated carbocycles. The van der Waals surface area contributed by atoms with E-state index in [1.807, 2.05) is 0 Å². The summed E-state index contributed by atoms with van der Waals surface area (Å²) in [6.07, 6.45) is 0. The molecule has 3 N–H and O–H groups in total. The Hall–Kier alpha value is -1.53. The summed E-state index contributed by atoms with van der Waals surface area (Å²) in [5, 5.41) is 13.4. The average molecular weight is 323 g/mol. The van der Waals surface area contributed by atoms with Crippen molar-refractivity contribution >= 4 is 40.9 Å². The number of benzene rings is 1. The van der Waals surface area contributed by atoms with E-state index >= 15 is 0 Å². The van der Waals surface area contributed by atoms with Crippen LogP contribution in [0.2, 0.25) is 10.0 Å². The summed E-state index contributed by atoms with van der Waals surface area (Å²) in [6.45, 7) is 3.30. The number of halogens is 3. The number of hydrogen-bond acceptors (Lipinski definition) is 2. The van der Waals surface area contributed by atoms with Crippen molar-refractivity contribution in [2.45, 2.75) is 19.9 Å². The summed E-state index contributed by atoms with van der Waals surface area (Å²) in [7, 11) is 0. The molecule has 0 spiro atoms. The van der Waals surface area contributed by atoms with Crippen molar-refractivity contribution in [3.8, 4) is 0 Å². The molecule has 2 amide bonds. The van der Waals surface area contributed by atoms with E-state index < -0.39 is 23.9 Å². The fourth-order valence-corrected chi connectivity index (χ4v) is 2.02. The Balaban J connectivity index is 2.84. The molecule has 1 aromatic carbocycles. The molecule has 1 atom stereocenters. The van der Waals surface area contributed by atoms with E-state index in [-0.39, 0.29) is 21.7 Å². The van der Waals surface area contributed by atoms with Gasteiger partial charge in [0.15, 0.2) is 0 Å². The van der Waals surface area contributed by atoms with Crippen LogP contribution in [0.1, 0.15) is 13.8 Å². The summed E-state index contributed by atoms with van der Waals surface area (Å²) in [5.74, 6) is -2.11. The monoisotopic (exact) mass is 322 g/mol. The van der Waals surface area contributed by atoms with Crippen LogP contribution in [0.5, 0.6) is 0 Å². The molecule has 0 heterocycles. The van der Waals surface area contributed by atoms with Crippen LogP contribution in [-0.2, 0) is 4.79 Å². The highest BCUT2D eigenvalue weighted by Crippen LogP contribution is 2.31. The first-order chi connectivity index (χ1) is 9.22.